The second-order valence-corrected chi connectivity index (χ2v) is 5.56. The largest absolute Gasteiger partial charge is 0.493 e. The number of rotatable bonds is 5. The van der Waals surface area contributed by atoms with E-state index in [4.69, 9.17) is 22.8 Å². The van der Waals surface area contributed by atoms with Crippen LogP contribution in [0.3, 0.4) is 0 Å². The molecule has 3 heterocycles. The highest BCUT2D eigenvalue weighted by molar-refractivity contribution is 5.94. The Bertz CT molecular complexity index is 1150. The molecule has 0 amide bonds. The molecular formula is C19H13NO7. The molecule has 1 aromatic carbocycles. The van der Waals surface area contributed by atoms with E-state index in [1.165, 1.54) is 19.4 Å². The van der Waals surface area contributed by atoms with Crippen LogP contribution in [0.2, 0.25) is 0 Å². The van der Waals surface area contributed by atoms with Gasteiger partial charge < -0.3 is 22.8 Å². The van der Waals surface area contributed by atoms with Crippen LogP contribution >= 0.6 is 0 Å². The minimum absolute atomic E-state index is 0.168. The van der Waals surface area contributed by atoms with Crippen LogP contribution in [0.1, 0.15) is 16.1 Å². The number of furan rings is 1. The van der Waals surface area contributed by atoms with Gasteiger partial charge in [0.25, 0.3) is 0 Å². The molecule has 0 unspecified atom stereocenters. The van der Waals surface area contributed by atoms with Crippen LogP contribution in [-0.4, -0.2) is 18.2 Å². The van der Waals surface area contributed by atoms with E-state index in [1.54, 1.807) is 36.4 Å². The van der Waals surface area contributed by atoms with Crippen molar-refractivity contribution in [3.05, 3.63) is 70.4 Å². The second-order valence-electron chi connectivity index (χ2n) is 5.56. The summed E-state index contributed by atoms with van der Waals surface area (Å²) in [6, 6.07) is 11.5. The summed E-state index contributed by atoms with van der Waals surface area (Å²) in [5.74, 6) is 0.487. The Morgan fingerprint density at radius 1 is 1.15 bits per heavy atom. The van der Waals surface area contributed by atoms with Gasteiger partial charge in [0.1, 0.15) is 17.9 Å². The third kappa shape index (κ3) is 3.20. The number of methoxy groups -OCH3 is 1. The molecule has 0 atom stereocenters. The molecule has 8 heteroatoms. The van der Waals surface area contributed by atoms with E-state index in [0.717, 1.165) is 0 Å². The van der Waals surface area contributed by atoms with Crippen molar-refractivity contribution < 1.29 is 27.6 Å². The topological polar surface area (TPSA) is 105 Å². The number of carbonyl (C=O) groups excluding carboxylic acids is 1. The lowest BCUT2D eigenvalue weighted by molar-refractivity contribution is 0.0459. The van der Waals surface area contributed by atoms with Gasteiger partial charge >= 0.3 is 11.6 Å². The lowest BCUT2D eigenvalue weighted by Gasteiger charge is -2.05. The molecule has 0 aliphatic rings. The molecule has 8 nitrogen and oxygen atoms in total. The Kier molecular flexibility index (Phi) is 4.21. The second kappa shape index (κ2) is 6.83. The summed E-state index contributed by atoms with van der Waals surface area (Å²) in [6.45, 7) is -0.168. The number of esters is 1. The molecule has 0 aliphatic heterocycles. The fourth-order valence-electron chi connectivity index (χ4n) is 2.55. The van der Waals surface area contributed by atoms with E-state index in [0.29, 0.717) is 28.4 Å². The Morgan fingerprint density at radius 3 is 2.81 bits per heavy atom. The maximum Gasteiger partial charge on any atom is 0.351 e. The molecule has 3 aromatic heterocycles. The van der Waals surface area contributed by atoms with Crippen molar-refractivity contribution in [2.75, 3.05) is 7.11 Å². The van der Waals surface area contributed by atoms with Crippen LogP contribution in [0, 0.1) is 0 Å². The zero-order valence-corrected chi connectivity index (χ0v) is 14.1. The van der Waals surface area contributed by atoms with Gasteiger partial charge in [0, 0.05) is 11.5 Å². The lowest BCUT2D eigenvalue weighted by atomic mass is 10.2. The molecule has 136 valence electrons. The zero-order chi connectivity index (χ0) is 18.8. The van der Waals surface area contributed by atoms with Crippen LogP contribution in [0.25, 0.3) is 22.5 Å². The Labute approximate surface area is 151 Å². The van der Waals surface area contributed by atoms with Crippen molar-refractivity contribution in [1.29, 1.82) is 0 Å². The predicted octanol–water partition coefficient (Wildman–Crippen LogP) is 3.41. The molecule has 0 aliphatic carbocycles. The maximum absolute atomic E-state index is 12.3. The molecule has 0 bridgehead atoms. The molecule has 4 rings (SSSR count). The monoisotopic (exact) mass is 367 g/mol. The van der Waals surface area contributed by atoms with E-state index < -0.39 is 11.6 Å². The van der Waals surface area contributed by atoms with Gasteiger partial charge in [-0.05, 0) is 24.3 Å². The number of carbonyl (C=O) groups is 1. The normalized spacial score (nSPS) is 10.9. The maximum atomic E-state index is 12.3. The predicted molar refractivity (Wildman–Crippen MR) is 92.4 cm³/mol. The number of aromatic nitrogens is 1. The SMILES string of the molecule is COc1cccc2cc(C(=O)OCc3cc(-c4ccco4)on3)c(=O)oc12. The van der Waals surface area contributed by atoms with Crippen LogP contribution in [0.15, 0.2) is 66.9 Å². The Morgan fingerprint density at radius 2 is 2.04 bits per heavy atom. The van der Waals surface area contributed by atoms with Gasteiger partial charge in [-0.25, -0.2) is 9.59 Å². The summed E-state index contributed by atoms with van der Waals surface area (Å²) in [5.41, 5.74) is -0.387. The van der Waals surface area contributed by atoms with Gasteiger partial charge in [-0.1, -0.05) is 17.3 Å². The summed E-state index contributed by atoms with van der Waals surface area (Å²) >= 11 is 0. The summed E-state index contributed by atoms with van der Waals surface area (Å²) in [6.07, 6.45) is 1.51. The number of ether oxygens (including phenoxy) is 2. The van der Waals surface area contributed by atoms with Crippen molar-refractivity contribution >= 4 is 16.9 Å². The van der Waals surface area contributed by atoms with Gasteiger partial charge in [0.2, 0.25) is 5.76 Å². The van der Waals surface area contributed by atoms with E-state index in [9.17, 15) is 9.59 Å². The fraction of sp³-hybridized carbons (Fsp3) is 0.105. The molecule has 0 spiro atoms. The first-order valence-electron chi connectivity index (χ1n) is 7.93. The van der Waals surface area contributed by atoms with Crippen LogP contribution in [0.4, 0.5) is 0 Å². The molecular weight excluding hydrogens is 354 g/mol. The highest BCUT2D eigenvalue weighted by Crippen LogP contribution is 2.25. The quantitative estimate of drug-likeness (QED) is 0.390. The zero-order valence-electron chi connectivity index (χ0n) is 14.1. The Hall–Kier alpha value is -3.81. The summed E-state index contributed by atoms with van der Waals surface area (Å²) in [4.78, 5) is 24.4. The third-order valence-electron chi connectivity index (χ3n) is 3.84. The minimum atomic E-state index is -0.823. The van der Waals surface area contributed by atoms with E-state index in [-0.39, 0.29) is 17.8 Å². The van der Waals surface area contributed by atoms with Crippen molar-refractivity contribution in [2.45, 2.75) is 6.61 Å². The van der Waals surface area contributed by atoms with Crippen LogP contribution in [-0.2, 0) is 11.3 Å². The molecule has 0 fully saturated rings. The van der Waals surface area contributed by atoms with E-state index >= 15 is 0 Å². The first-order valence-corrected chi connectivity index (χ1v) is 7.93. The van der Waals surface area contributed by atoms with Crippen molar-refractivity contribution in [3.63, 3.8) is 0 Å². The standard InChI is InChI=1S/C19H13NO7/c1-23-15-5-2-4-11-8-13(19(22)26-17(11)15)18(21)25-10-12-9-16(27-20-12)14-6-3-7-24-14/h2-9H,10H2,1H3. The first kappa shape index (κ1) is 16.6. The highest BCUT2D eigenvalue weighted by atomic mass is 16.5. The van der Waals surface area contributed by atoms with Gasteiger partial charge in [-0.3, -0.25) is 0 Å². The third-order valence-corrected chi connectivity index (χ3v) is 3.84. The molecule has 27 heavy (non-hydrogen) atoms. The number of benzene rings is 1. The smallest absolute Gasteiger partial charge is 0.351 e. The molecule has 0 radical (unpaired) electrons. The summed E-state index contributed by atoms with van der Waals surface area (Å²) in [7, 11) is 1.46. The highest BCUT2D eigenvalue weighted by Gasteiger charge is 2.18. The van der Waals surface area contributed by atoms with Crippen molar-refractivity contribution in [1.82, 2.24) is 5.16 Å². The first-order chi connectivity index (χ1) is 13.2. The average Bonchev–Trinajstić information content (AvgIpc) is 3.36. The van der Waals surface area contributed by atoms with Crippen molar-refractivity contribution in [3.8, 4) is 17.3 Å². The number of fused-ring (bicyclic) bond motifs is 1. The fourth-order valence-corrected chi connectivity index (χ4v) is 2.55. The number of nitrogens with zero attached hydrogens (tertiary/aromatic N) is 1. The van der Waals surface area contributed by atoms with Crippen molar-refractivity contribution in [2.24, 2.45) is 0 Å². The molecule has 0 saturated carbocycles. The summed E-state index contributed by atoms with van der Waals surface area (Å²) < 4.78 is 25.8. The van der Waals surface area contributed by atoms with Crippen LogP contribution < -0.4 is 10.4 Å². The molecule has 0 N–H and O–H groups in total. The Balaban J connectivity index is 1.53. The number of para-hydroxylation sites is 1. The lowest BCUT2D eigenvalue weighted by Crippen LogP contribution is -2.16. The van der Waals surface area contributed by atoms with Gasteiger partial charge in [-0.15, -0.1) is 0 Å². The van der Waals surface area contributed by atoms with E-state index in [2.05, 4.69) is 5.16 Å². The minimum Gasteiger partial charge on any atom is -0.493 e. The number of hydrogen-bond donors (Lipinski definition) is 0. The van der Waals surface area contributed by atoms with E-state index in [1.807, 2.05) is 0 Å². The molecule has 0 saturated heterocycles. The number of hydrogen-bond acceptors (Lipinski definition) is 8. The van der Waals surface area contributed by atoms with Gasteiger partial charge in [0.15, 0.2) is 17.1 Å². The average molecular weight is 367 g/mol. The summed E-state index contributed by atoms with van der Waals surface area (Å²) in [5, 5.41) is 4.35. The van der Waals surface area contributed by atoms with Crippen LogP contribution in [0.5, 0.6) is 5.75 Å². The van der Waals surface area contributed by atoms with Gasteiger partial charge in [-0.2, -0.15) is 0 Å². The van der Waals surface area contributed by atoms with Gasteiger partial charge in [0.05, 0.1) is 13.4 Å². The molecule has 4 aromatic rings.